The van der Waals surface area contributed by atoms with Crippen molar-refractivity contribution in [2.24, 2.45) is 5.92 Å². The van der Waals surface area contributed by atoms with Crippen molar-refractivity contribution in [3.05, 3.63) is 18.5 Å². The highest BCUT2D eigenvalue weighted by atomic mass is 32.2. The fourth-order valence-corrected chi connectivity index (χ4v) is 3.89. The summed E-state index contributed by atoms with van der Waals surface area (Å²) in [7, 11) is 0. The molecule has 1 unspecified atom stereocenters. The van der Waals surface area contributed by atoms with Crippen LogP contribution in [0.3, 0.4) is 0 Å². The van der Waals surface area contributed by atoms with Crippen LogP contribution in [-0.2, 0) is 14.3 Å². The molecule has 7 nitrogen and oxygen atoms in total. The molecule has 0 aliphatic rings. The van der Waals surface area contributed by atoms with Crippen LogP contribution in [0.4, 0.5) is 4.79 Å². The molecular weight excluding hydrogens is 402 g/mol. The molecule has 0 bridgehead atoms. The highest BCUT2D eigenvalue weighted by Crippen LogP contribution is 2.28. The predicted octanol–water partition coefficient (Wildman–Crippen LogP) is 5.46. The maximum atomic E-state index is 12.5. The number of esters is 1. The van der Waals surface area contributed by atoms with Crippen LogP contribution in [0.25, 0.3) is 11.0 Å². The molecule has 0 aliphatic carbocycles. The maximum absolute atomic E-state index is 12.5. The number of fused-ring (bicyclic) bond motifs is 1. The topological polar surface area (TPSA) is 83.3 Å². The molecule has 0 aromatic carbocycles. The Bertz CT molecular complexity index is 845. The van der Waals surface area contributed by atoms with E-state index in [1.54, 1.807) is 12.4 Å². The van der Waals surface area contributed by atoms with Gasteiger partial charge in [0, 0.05) is 16.8 Å². The van der Waals surface area contributed by atoms with Crippen molar-refractivity contribution in [3.8, 4) is 0 Å². The normalized spacial score (nSPS) is 12.7. The van der Waals surface area contributed by atoms with E-state index in [0.717, 1.165) is 30.6 Å². The summed E-state index contributed by atoms with van der Waals surface area (Å²) in [5.41, 5.74) is 0.577. The second-order valence-electron chi connectivity index (χ2n) is 8.28. The average Bonchev–Trinajstić information content (AvgIpc) is 3.12. The molecule has 0 saturated heterocycles. The number of carbonyl (C=O) groups is 2. The summed E-state index contributed by atoms with van der Waals surface area (Å²) in [6, 6.07) is 1.82. The highest BCUT2D eigenvalue weighted by molar-refractivity contribution is 7.99. The molecule has 8 heteroatoms. The number of ether oxygens (including phenoxy) is 2. The van der Waals surface area contributed by atoms with E-state index in [2.05, 4.69) is 23.9 Å². The molecule has 0 spiro atoms. The predicted molar refractivity (Wildman–Crippen MR) is 119 cm³/mol. The fraction of sp³-hybridized carbons (Fsp3) is 0.636. The van der Waals surface area contributed by atoms with Gasteiger partial charge < -0.3 is 9.47 Å². The first-order chi connectivity index (χ1) is 14.2. The van der Waals surface area contributed by atoms with Crippen LogP contribution in [0.15, 0.2) is 23.4 Å². The van der Waals surface area contributed by atoms with Crippen LogP contribution in [0, 0.1) is 5.92 Å². The van der Waals surface area contributed by atoms with Gasteiger partial charge in [0.2, 0.25) is 0 Å². The first-order valence-electron chi connectivity index (χ1n) is 10.6. The molecule has 166 valence electrons. The molecule has 2 aromatic rings. The number of nitrogens with zero attached hydrogens (tertiary/aromatic N) is 3. The smallest absolute Gasteiger partial charge is 0.435 e. The summed E-state index contributed by atoms with van der Waals surface area (Å²) >= 11 is 1.48. The SMILES string of the molecule is CCCCC(CC)COC(=O)CCSc1ccnc2cnn(C(=O)OC(C)(C)C)c12. The lowest BCUT2D eigenvalue weighted by molar-refractivity contribution is -0.144. The van der Waals surface area contributed by atoms with Gasteiger partial charge in [0.15, 0.2) is 0 Å². The van der Waals surface area contributed by atoms with E-state index in [0.29, 0.717) is 35.7 Å². The van der Waals surface area contributed by atoms with Crippen molar-refractivity contribution in [1.82, 2.24) is 14.8 Å². The van der Waals surface area contributed by atoms with Crippen LogP contribution in [0.1, 0.15) is 66.7 Å². The van der Waals surface area contributed by atoms with Crippen LogP contribution in [0.2, 0.25) is 0 Å². The number of rotatable bonds is 10. The van der Waals surface area contributed by atoms with Gasteiger partial charge in [-0.25, -0.2) is 4.79 Å². The Balaban J connectivity index is 1.95. The third kappa shape index (κ3) is 7.31. The molecule has 0 N–H and O–H groups in total. The minimum absolute atomic E-state index is 0.191. The zero-order valence-electron chi connectivity index (χ0n) is 18.6. The first-order valence-corrected chi connectivity index (χ1v) is 11.6. The Hall–Kier alpha value is -2.09. The Morgan fingerprint density at radius 1 is 1.27 bits per heavy atom. The number of unbranched alkanes of at least 4 members (excludes halogenated alkanes) is 1. The van der Waals surface area contributed by atoms with E-state index in [9.17, 15) is 9.59 Å². The number of hydrogen-bond acceptors (Lipinski definition) is 7. The summed E-state index contributed by atoms with van der Waals surface area (Å²) in [5, 5.41) is 4.14. The quantitative estimate of drug-likeness (QED) is 0.362. The van der Waals surface area contributed by atoms with Crippen molar-refractivity contribution in [2.75, 3.05) is 12.4 Å². The van der Waals surface area contributed by atoms with E-state index >= 15 is 0 Å². The van der Waals surface area contributed by atoms with Gasteiger partial charge in [0.25, 0.3) is 0 Å². The first kappa shape index (κ1) is 24.2. The van der Waals surface area contributed by atoms with Gasteiger partial charge >= 0.3 is 12.1 Å². The highest BCUT2D eigenvalue weighted by Gasteiger charge is 2.22. The zero-order chi connectivity index (χ0) is 22.1. The monoisotopic (exact) mass is 435 g/mol. The molecule has 2 rings (SSSR count). The zero-order valence-corrected chi connectivity index (χ0v) is 19.5. The van der Waals surface area contributed by atoms with Gasteiger partial charge in [0.05, 0.1) is 19.2 Å². The number of hydrogen-bond donors (Lipinski definition) is 0. The van der Waals surface area contributed by atoms with Crippen molar-refractivity contribution in [2.45, 2.75) is 77.2 Å². The van der Waals surface area contributed by atoms with Gasteiger partial charge in [-0.15, -0.1) is 11.8 Å². The van der Waals surface area contributed by atoms with Gasteiger partial charge in [0.1, 0.15) is 16.6 Å². The Morgan fingerprint density at radius 3 is 2.70 bits per heavy atom. The van der Waals surface area contributed by atoms with E-state index in [4.69, 9.17) is 9.47 Å². The number of aromatic nitrogens is 3. The van der Waals surface area contributed by atoms with Crippen LogP contribution in [-0.4, -0.2) is 44.8 Å². The molecule has 1 atom stereocenters. The van der Waals surface area contributed by atoms with Crippen LogP contribution >= 0.6 is 11.8 Å². The Kier molecular flexibility index (Phi) is 9.14. The standard InChI is InChI=1S/C22H33N3O4S/c1-6-8-9-16(7-2)15-28-19(26)11-13-30-18-10-12-23-17-14-24-25(20(17)18)21(27)29-22(3,4)5/h10,12,14,16H,6-9,11,13,15H2,1-5H3. The van der Waals surface area contributed by atoms with E-state index in [1.807, 2.05) is 26.8 Å². The second kappa shape index (κ2) is 11.3. The average molecular weight is 436 g/mol. The largest absolute Gasteiger partial charge is 0.465 e. The van der Waals surface area contributed by atoms with E-state index in [-0.39, 0.29) is 5.97 Å². The summed E-state index contributed by atoms with van der Waals surface area (Å²) < 4.78 is 12.1. The lowest BCUT2D eigenvalue weighted by Gasteiger charge is -2.19. The van der Waals surface area contributed by atoms with Crippen molar-refractivity contribution < 1.29 is 19.1 Å². The van der Waals surface area contributed by atoms with Crippen molar-refractivity contribution in [1.29, 1.82) is 0 Å². The van der Waals surface area contributed by atoms with E-state index < -0.39 is 11.7 Å². The number of pyridine rings is 1. The Morgan fingerprint density at radius 2 is 2.03 bits per heavy atom. The second-order valence-corrected chi connectivity index (χ2v) is 9.41. The molecule has 2 aromatic heterocycles. The molecule has 0 saturated carbocycles. The van der Waals surface area contributed by atoms with E-state index in [1.165, 1.54) is 16.4 Å². The summed E-state index contributed by atoms with van der Waals surface area (Å²) in [6.45, 7) is 10.2. The molecule has 30 heavy (non-hydrogen) atoms. The van der Waals surface area contributed by atoms with Gasteiger partial charge in [-0.1, -0.05) is 33.1 Å². The molecule has 2 heterocycles. The van der Waals surface area contributed by atoms with Crippen LogP contribution in [0.5, 0.6) is 0 Å². The molecule has 0 aliphatic heterocycles. The lowest BCUT2D eigenvalue weighted by atomic mass is 10.0. The number of carbonyl (C=O) groups excluding carboxylic acids is 2. The lowest BCUT2D eigenvalue weighted by Crippen LogP contribution is -2.27. The third-order valence-corrected chi connectivity index (χ3v) is 5.63. The van der Waals surface area contributed by atoms with Gasteiger partial charge in [-0.3, -0.25) is 9.78 Å². The number of thioether (sulfide) groups is 1. The fourth-order valence-electron chi connectivity index (χ4n) is 2.91. The van der Waals surface area contributed by atoms with Gasteiger partial charge in [-0.2, -0.15) is 9.78 Å². The minimum atomic E-state index is -0.623. The van der Waals surface area contributed by atoms with Crippen molar-refractivity contribution >= 4 is 34.9 Å². The Labute approximate surface area is 182 Å². The minimum Gasteiger partial charge on any atom is -0.465 e. The molecule has 0 amide bonds. The summed E-state index contributed by atoms with van der Waals surface area (Å²) in [5.74, 6) is 0.788. The summed E-state index contributed by atoms with van der Waals surface area (Å²) in [4.78, 5) is 29.7. The maximum Gasteiger partial charge on any atom is 0.435 e. The molecule has 0 fully saturated rings. The summed E-state index contributed by atoms with van der Waals surface area (Å²) in [6.07, 6.45) is 7.40. The van der Waals surface area contributed by atoms with Crippen LogP contribution < -0.4 is 0 Å². The molecular formula is C22H33N3O4S. The molecule has 0 radical (unpaired) electrons. The van der Waals surface area contributed by atoms with Gasteiger partial charge in [-0.05, 0) is 39.2 Å². The third-order valence-electron chi connectivity index (χ3n) is 4.58. The van der Waals surface area contributed by atoms with Crippen molar-refractivity contribution in [3.63, 3.8) is 0 Å².